The van der Waals surface area contributed by atoms with E-state index in [-0.39, 0.29) is 0 Å². The summed E-state index contributed by atoms with van der Waals surface area (Å²) in [6, 6.07) is 0.684. The zero-order chi connectivity index (χ0) is 11.5. The van der Waals surface area contributed by atoms with Crippen LogP contribution in [0.3, 0.4) is 0 Å². The van der Waals surface area contributed by atoms with Gasteiger partial charge in [0.25, 0.3) is 0 Å². The van der Waals surface area contributed by atoms with Gasteiger partial charge in [0.1, 0.15) is 0 Å². The highest BCUT2D eigenvalue weighted by atomic mass is 32.2. The van der Waals surface area contributed by atoms with Crippen LogP contribution in [0.25, 0.3) is 0 Å². The molecule has 0 bridgehead atoms. The molecule has 0 radical (unpaired) electrons. The van der Waals surface area contributed by atoms with Gasteiger partial charge in [-0.2, -0.15) is 0 Å². The highest BCUT2D eigenvalue weighted by molar-refractivity contribution is 8.14. The predicted molar refractivity (Wildman–Crippen MR) is 73.1 cm³/mol. The predicted octanol–water partition coefficient (Wildman–Crippen LogP) is 3.28. The number of nitrogens with zero attached hydrogens (tertiary/aromatic N) is 1. The Kier molecular flexibility index (Phi) is 4.17. The van der Waals surface area contributed by atoms with Gasteiger partial charge in [-0.25, -0.2) is 0 Å². The average Bonchev–Trinajstić information content (AvgIpc) is 2.77. The molecular weight excluding hydrogens is 216 g/mol. The van der Waals surface area contributed by atoms with Gasteiger partial charge >= 0.3 is 0 Å². The lowest BCUT2D eigenvalue weighted by atomic mass is 10.1. The van der Waals surface area contributed by atoms with Crippen LogP contribution >= 0.6 is 11.8 Å². The number of nitrogens with one attached hydrogen (secondary N) is 1. The molecule has 0 saturated heterocycles. The van der Waals surface area contributed by atoms with Crippen LogP contribution in [0.15, 0.2) is 4.99 Å². The van der Waals surface area contributed by atoms with Crippen LogP contribution < -0.4 is 5.32 Å². The number of rotatable bonds is 3. The van der Waals surface area contributed by atoms with E-state index in [9.17, 15) is 0 Å². The molecule has 1 saturated carbocycles. The summed E-state index contributed by atoms with van der Waals surface area (Å²) in [5.41, 5.74) is 0. The first-order chi connectivity index (χ1) is 7.65. The van der Waals surface area contributed by atoms with E-state index in [1.165, 1.54) is 30.9 Å². The van der Waals surface area contributed by atoms with Gasteiger partial charge in [0, 0.05) is 11.3 Å². The molecule has 16 heavy (non-hydrogen) atoms. The van der Waals surface area contributed by atoms with Crippen molar-refractivity contribution in [2.24, 2.45) is 16.8 Å². The van der Waals surface area contributed by atoms with Crippen molar-refractivity contribution in [3.05, 3.63) is 0 Å². The summed E-state index contributed by atoms with van der Waals surface area (Å²) in [5.74, 6) is 1.62. The second kappa shape index (κ2) is 5.44. The smallest absolute Gasteiger partial charge is 0.157 e. The Bertz CT molecular complexity index is 263. The third-order valence-electron chi connectivity index (χ3n) is 3.62. The molecule has 3 unspecified atom stereocenters. The minimum atomic E-state index is 0.684. The topological polar surface area (TPSA) is 24.4 Å². The first kappa shape index (κ1) is 12.3. The van der Waals surface area contributed by atoms with E-state index in [1.54, 1.807) is 0 Å². The minimum absolute atomic E-state index is 0.684. The standard InChI is InChI=1S/C13H24N2S/c1-9(2)7-11-8-14-13(16-11)15-12-6-4-5-10(12)3/h9-12H,4-8H2,1-3H3,(H,14,15). The van der Waals surface area contributed by atoms with Crippen LogP contribution in [0.1, 0.15) is 46.5 Å². The first-order valence-corrected chi connectivity index (χ1v) is 7.50. The Morgan fingerprint density at radius 2 is 2.25 bits per heavy atom. The number of aliphatic imine (C=N–C) groups is 1. The fourth-order valence-corrected chi connectivity index (χ4v) is 3.98. The Balaban J connectivity index is 1.76. The van der Waals surface area contributed by atoms with Crippen molar-refractivity contribution in [3.8, 4) is 0 Å². The van der Waals surface area contributed by atoms with Crippen molar-refractivity contribution in [2.45, 2.75) is 57.7 Å². The van der Waals surface area contributed by atoms with E-state index >= 15 is 0 Å². The maximum Gasteiger partial charge on any atom is 0.157 e. The molecule has 3 heteroatoms. The zero-order valence-electron chi connectivity index (χ0n) is 10.7. The SMILES string of the molecule is CC(C)CC1CN=C(NC2CCCC2C)S1. The number of hydrogen-bond donors (Lipinski definition) is 1. The summed E-state index contributed by atoms with van der Waals surface area (Å²) in [7, 11) is 0. The molecule has 1 fully saturated rings. The molecule has 1 heterocycles. The molecular formula is C13H24N2S. The van der Waals surface area contributed by atoms with E-state index in [0.717, 1.165) is 23.6 Å². The average molecular weight is 240 g/mol. The summed E-state index contributed by atoms with van der Waals surface area (Å²) in [6.45, 7) is 7.97. The molecule has 0 amide bonds. The molecule has 1 aliphatic carbocycles. The third-order valence-corrected chi connectivity index (χ3v) is 4.77. The summed E-state index contributed by atoms with van der Waals surface area (Å²) >= 11 is 1.97. The van der Waals surface area contributed by atoms with E-state index in [0.29, 0.717) is 6.04 Å². The Morgan fingerprint density at radius 1 is 1.44 bits per heavy atom. The van der Waals surface area contributed by atoms with Gasteiger partial charge < -0.3 is 5.32 Å². The summed E-state index contributed by atoms with van der Waals surface area (Å²) in [6.07, 6.45) is 5.38. The van der Waals surface area contributed by atoms with Crippen molar-refractivity contribution < 1.29 is 0 Å². The van der Waals surface area contributed by atoms with Gasteiger partial charge in [0.2, 0.25) is 0 Å². The maximum atomic E-state index is 4.64. The first-order valence-electron chi connectivity index (χ1n) is 6.62. The van der Waals surface area contributed by atoms with Crippen LogP contribution in [0.2, 0.25) is 0 Å². The summed E-state index contributed by atoms with van der Waals surface area (Å²) in [5, 5.41) is 5.58. The summed E-state index contributed by atoms with van der Waals surface area (Å²) in [4.78, 5) is 4.64. The van der Waals surface area contributed by atoms with Gasteiger partial charge in [-0.15, -0.1) is 0 Å². The highest BCUT2D eigenvalue weighted by Gasteiger charge is 2.27. The third kappa shape index (κ3) is 3.16. The zero-order valence-corrected chi connectivity index (χ0v) is 11.5. The summed E-state index contributed by atoms with van der Waals surface area (Å²) < 4.78 is 0. The maximum absolute atomic E-state index is 4.64. The monoisotopic (exact) mass is 240 g/mol. The number of amidine groups is 1. The Hall–Kier alpha value is -0.180. The minimum Gasteiger partial charge on any atom is -0.362 e. The molecule has 0 aromatic heterocycles. The van der Waals surface area contributed by atoms with Crippen LogP contribution in [-0.2, 0) is 0 Å². The molecule has 2 rings (SSSR count). The van der Waals surface area contributed by atoms with E-state index in [2.05, 4.69) is 31.1 Å². The normalized spacial score (nSPS) is 34.5. The molecule has 2 nitrogen and oxygen atoms in total. The van der Waals surface area contributed by atoms with E-state index in [4.69, 9.17) is 0 Å². The quantitative estimate of drug-likeness (QED) is 0.818. The Labute approximate surface area is 104 Å². The van der Waals surface area contributed by atoms with Crippen molar-refractivity contribution in [1.29, 1.82) is 0 Å². The molecule has 92 valence electrons. The van der Waals surface area contributed by atoms with Crippen LogP contribution in [0.4, 0.5) is 0 Å². The molecule has 2 aliphatic rings. The lowest BCUT2D eigenvalue weighted by Crippen LogP contribution is -2.34. The molecule has 0 aromatic rings. The molecule has 0 aromatic carbocycles. The highest BCUT2D eigenvalue weighted by Crippen LogP contribution is 2.29. The van der Waals surface area contributed by atoms with Crippen LogP contribution in [-0.4, -0.2) is 23.0 Å². The van der Waals surface area contributed by atoms with Crippen molar-refractivity contribution >= 4 is 16.9 Å². The lowest BCUT2D eigenvalue weighted by Gasteiger charge is -2.18. The molecule has 0 spiro atoms. The van der Waals surface area contributed by atoms with Gasteiger partial charge in [-0.3, -0.25) is 4.99 Å². The fourth-order valence-electron chi connectivity index (χ4n) is 2.66. The van der Waals surface area contributed by atoms with Crippen LogP contribution in [0.5, 0.6) is 0 Å². The van der Waals surface area contributed by atoms with Crippen molar-refractivity contribution in [2.75, 3.05) is 6.54 Å². The van der Waals surface area contributed by atoms with Crippen molar-refractivity contribution in [3.63, 3.8) is 0 Å². The lowest BCUT2D eigenvalue weighted by molar-refractivity contribution is 0.489. The molecule has 1 N–H and O–H groups in total. The molecule has 3 atom stereocenters. The van der Waals surface area contributed by atoms with Gasteiger partial charge in [0.05, 0.1) is 6.54 Å². The Morgan fingerprint density at radius 3 is 2.88 bits per heavy atom. The van der Waals surface area contributed by atoms with Gasteiger partial charge in [-0.1, -0.05) is 39.0 Å². The molecule has 1 aliphatic heterocycles. The van der Waals surface area contributed by atoms with Crippen molar-refractivity contribution in [1.82, 2.24) is 5.32 Å². The number of thioether (sulfide) groups is 1. The van der Waals surface area contributed by atoms with Gasteiger partial charge in [-0.05, 0) is 31.1 Å². The second-order valence-electron chi connectivity index (χ2n) is 5.67. The van der Waals surface area contributed by atoms with E-state index < -0.39 is 0 Å². The van der Waals surface area contributed by atoms with Gasteiger partial charge in [0.15, 0.2) is 5.17 Å². The largest absolute Gasteiger partial charge is 0.362 e. The fraction of sp³-hybridized carbons (Fsp3) is 0.923. The van der Waals surface area contributed by atoms with E-state index in [1.807, 2.05) is 11.8 Å². The van der Waals surface area contributed by atoms with Crippen LogP contribution in [0, 0.1) is 11.8 Å². The number of hydrogen-bond acceptors (Lipinski definition) is 3. The second-order valence-corrected chi connectivity index (χ2v) is 6.96.